The summed E-state index contributed by atoms with van der Waals surface area (Å²) < 4.78 is 3.70. The largest absolute Gasteiger partial charge is 0.335 e. The first-order valence-electron chi connectivity index (χ1n) is 6.83. The highest BCUT2D eigenvalue weighted by Gasteiger charge is 2.14. The summed E-state index contributed by atoms with van der Waals surface area (Å²) in [4.78, 5) is 16.2. The maximum Gasteiger partial charge on any atom is 0.227 e. The zero-order valence-corrected chi connectivity index (χ0v) is 12.5. The molecule has 6 heteroatoms. The molecule has 20 heavy (non-hydrogen) atoms. The third kappa shape index (κ3) is 2.89. The summed E-state index contributed by atoms with van der Waals surface area (Å²) in [6.07, 6.45) is 4.90. The summed E-state index contributed by atoms with van der Waals surface area (Å²) >= 11 is 0. The third-order valence-electron chi connectivity index (χ3n) is 3.46. The monoisotopic (exact) mass is 275 g/mol. The number of nitrogens with zero attached hydrogens (tertiary/aromatic N) is 4. The highest BCUT2D eigenvalue weighted by Crippen LogP contribution is 2.19. The van der Waals surface area contributed by atoms with Gasteiger partial charge in [0.05, 0.1) is 5.69 Å². The number of carbonyl (C=O) groups is 1. The number of aromatic nitrogens is 4. The molecule has 2 heterocycles. The third-order valence-corrected chi connectivity index (χ3v) is 3.46. The summed E-state index contributed by atoms with van der Waals surface area (Å²) in [5.74, 6) is 1.72. The average Bonchev–Trinajstić information content (AvgIpc) is 2.91. The van der Waals surface area contributed by atoms with E-state index in [2.05, 4.69) is 22.3 Å². The van der Waals surface area contributed by atoms with Gasteiger partial charge in [-0.05, 0) is 20.3 Å². The van der Waals surface area contributed by atoms with Gasteiger partial charge in [0.2, 0.25) is 5.91 Å². The predicted molar refractivity (Wildman–Crippen MR) is 77.5 cm³/mol. The molecule has 0 bridgehead atoms. The summed E-state index contributed by atoms with van der Waals surface area (Å²) in [5.41, 5.74) is 2.07. The minimum Gasteiger partial charge on any atom is -0.335 e. The molecule has 0 aliphatic rings. The molecule has 0 fully saturated rings. The Hall–Kier alpha value is -2.11. The van der Waals surface area contributed by atoms with Crippen molar-refractivity contribution in [3.8, 4) is 0 Å². The van der Waals surface area contributed by atoms with Gasteiger partial charge in [0.25, 0.3) is 0 Å². The second-order valence-corrected chi connectivity index (χ2v) is 4.86. The molecule has 2 aromatic rings. The van der Waals surface area contributed by atoms with Crippen LogP contribution in [0.2, 0.25) is 0 Å². The van der Waals surface area contributed by atoms with Crippen molar-refractivity contribution in [3.63, 3.8) is 0 Å². The molecule has 0 saturated carbocycles. The van der Waals surface area contributed by atoms with Crippen molar-refractivity contribution in [2.45, 2.75) is 40.2 Å². The summed E-state index contributed by atoms with van der Waals surface area (Å²) in [6, 6.07) is 0. The molecular formula is C14H21N5O. The molecule has 0 atom stereocenters. The zero-order chi connectivity index (χ0) is 14.7. The Labute approximate surface area is 118 Å². The van der Waals surface area contributed by atoms with Gasteiger partial charge in [-0.3, -0.25) is 9.48 Å². The first-order chi connectivity index (χ1) is 9.52. The number of amides is 1. The van der Waals surface area contributed by atoms with E-state index in [4.69, 9.17) is 0 Å². The van der Waals surface area contributed by atoms with Crippen LogP contribution < -0.4 is 5.32 Å². The van der Waals surface area contributed by atoms with Crippen LogP contribution in [0, 0.1) is 13.8 Å². The quantitative estimate of drug-likeness (QED) is 0.905. The topological polar surface area (TPSA) is 64.7 Å². The second-order valence-electron chi connectivity index (χ2n) is 4.86. The average molecular weight is 275 g/mol. The molecule has 0 radical (unpaired) electrons. The number of imidazole rings is 1. The van der Waals surface area contributed by atoms with Crippen molar-refractivity contribution in [1.82, 2.24) is 19.3 Å². The van der Waals surface area contributed by atoms with Gasteiger partial charge in [0.1, 0.15) is 11.6 Å². The molecule has 0 aliphatic heterocycles. The lowest BCUT2D eigenvalue weighted by molar-refractivity contribution is -0.116. The molecule has 1 amide bonds. The van der Waals surface area contributed by atoms with Crippen molar-refractivity contribution in [2.75, 3.05) is 5.32 Å². The van der Waals surface area contributed by atoms with Crippen LogP contribution in [0.15, 0.2) is 12.4 Å². The van der Waals surface area contributed by atoms with E-state index in [1.165, 1.54) is 0 Å². The number of aryl methyl sites for hydroxylation is 4. The van der Waals surface area contributed by atoms with Gasteiger partial charge in [0.15, 0.2) is 0 Å². The van der Waals surface area contributed by atoms with E-state index in [9.17, 15) is 4.79 Å². The van der Waals surface area contributed by atoms with Gasteiger partial charge in [-0.25, -0.2) is 4.98 Å². The van der Waals surface area contributed by atoms with Gasteiger partial charge in [-0.1, -0.05) is 6.92 Å². The van der Waals surface area contributed by atoms with Crippen LogP contribution in [0.3, 0.4) is 0 Å². The van der Waals surface area contributed by atoms with E-state index < -0.39 is 0 Å². The Balaban J connectivity index is 2.00. The van der Waals surface area contributed by atoms with Crippen LogP contribution in [0.5, 0.6) is 0 Å². The normalized spacial score (nSPS) is 10.8. The Morgan fingerprint density at radius 3 is 2.75 bits per heavy atom. The van der Waals surface area contributed by atoms with Crippen LogP contribution >= 0.6 is 0 Å². The first-order valence-corrected chi connectivity index (χ1v) is 6.83. The predicted octanol–water partition coefficient (Wildman–Crippen LogP) is 1.82. The molecule has 0 aliphatic carbocycles. The second kappa shape index (κ2) is 5.90. The molecule has 6 nitrogen and oxygen atoms in total. The number of carbonyl (C=O) groups excluding carboxylic acids is 1. The molecule has 108 valence electrons. The van der Waals surface area contributed by atoms with E-state index in [-0.39, 0.29) is 5.91 Å². The molecule has 0 spiro atoms. The van der Waals surface area contributed by atoms with Crippen molar-refractivity contribution < 1.29 is 4.79 Å². The van der Waals surface area contributed by atoms with Gasteiger partial charge >= 0.3 is 0 Å². The molecule has 2 rings (SSSR count). The number of nitrogens with one attached hydrogen (secondary N) is 1. The van der Waals surface area contributed by atoms with E-state index >= 15 is 0 Å². The summed E-state index contributed by atoms with van der Waals surface area (Å²) in [5, 5.41) is 7.31. The minimum atomic E-state index is -0.00389. The van der Waals surface area contributed by atoms with Crippen LogP contribution in [-0.2, 0) is 24.8 Å². The number of rotatable bonds is 5. The lowest BCUT2D eigenvalue weighted by Gasteiger charge is -2.09. The van der Waals surface area contributed by atoms with Gasteiger partial charge < -0.3 is 9.88 Å². The lowest BCUT2D eigenvalue weighted by atomic mass is 10.2. The molecular weight excluding hydrogens is 254 g/mol. The van der Waals surface area contributed by atoms with Crippen LogP contribution in [-0.4, -0.2) is 25.2 Å². The number of hydrogen-bond donors (Lipinski definition) is 1. The van der Waals surface area contributed by atoms with E-state index in [1.54, 1.807) is 10.9 Å². The standard InChI is InChI=1S/C14H21N5O/c1-5-12-10(2)17-18(4)14(12)16-13(20)6-8-19-9-7-15-11(19)3/h7,9H,5-6,8H2,1-4H3,(H,16,20). The Morgan fingerprint density at radius 1 is 1.40 bits per heavy atom. The van der Waals surface area contributed by atoms with Gasteiger partial charge in [-0.2, -0.15) is 5.10 Å². The molecule has 0 unspecified atom stereocenters. The van der Waals surface area contributed by atoms with E-state index in [0.717, 1.165) is 29.3 Å². The van der Waals surface area contributed by atoms with Gasteiger partial charge in [-0.15, -0.1) is 0 Å². The Kier molecular flexibility index (Phi) is 4.22. The lowest BCUT2D eigenvalue weighted by Crippen LogP contribution is -2.17. The maximum atomic E-state index is 12.1. The number of anilines is 1. The Bertz CT molecular complexity index is 611. The SMILES string of the molecule is CCc1c(C)nn(C)c1NC(=O)CCn1ccnc1C. The maximum absolute atomic E-state index is 12.1. The van der Waals surface area contributed by atoms with Crippen molar-refractivity contribution in [3.05, 3.63) is 29.5 Å². The van der Waals surface area contributed by atoms with Crippen LogP contribution in [0.25, 0.3) is 0 Å². The van der Waals surface area contributed by atoms with E-state index in [1.807, 2.05) is 31.7 Å². The Morgan fingerprint density at radius 2 is 2.15 bits per heavy atom. The van der Waals surface area contributed by atoms with Crippen LogP contribution in [0.4, 0.5) is 5.82 Å². The smallest absolute Gasteiger partial charge is 0.227 e. The summed E-state index contributed by atoms with van der Waals surface area (Å²) in [7, 11) is 1.85. The highest BCUT2D eigenvalue weighted by molar-refractivity contribution is 5.90. The van der Waals surface area contributed by atoms with Crippen LogP contribution in [0.1, 0.15) is 30.4 Å². The molecule has 1 N–H and O–H groups in total. The molecule has 0 aromatic carbocycles. The fourth-order valence-corrected chi connectivity index (χ4v) is 2.34. The number of hydrogen-bond acceptors (Lipinski definition) is 3. The molecule has 0 saturated heterocycles. The minimum absolute atomic E-state index is 0.00389. The summed E-state index contributed by atoms with van der Waals surface area (Å²) in [6.45, 7) is 6.59. The highest BCUT2D eigenvalue weighted by atomic mass is 16.1. The van der Waals surface area contributed by atoms with E-state index in [0.29, 0.717) is 13.0 Å². The zero-order valence-electron chi connectivity index (χ0n) is 12.5. The van der Waals surface area contributed by atoms with Crippen molar-refractivity contribution in [1.29, 1.82) is 0 Å². The van der Waals surface area contributed by atoms with Crippen molar-refractivity contribution in [2.24, 2.45) is 7.05 Å². The van der Waals surface area contributed by atoms with Gasteiger partial charge in [0, 0.05) is 38.0 Å². The fourth-order valence-electron chi connectivity index (χ4n) is 2.34. The van der Waals surface area contributed by atoms with Crippen molar-refractivity contribution >= 4 is 11.7 Å². The molecule has 2 aromatic heterocycles. The first kappa shape index (κ1) is 14.3. The fraction of sp³-hybridized carbons (Fsp3) is 0.500.